The van der Waals surface area contributed by atoms with Crippen molar-refractivity contribution in [3.05, 3.63) is 17.0 Å². The number of aromatic nitrogens is 1. The Labute approximate surface area is 142 Å². The van der Waals surface area contributed by atoms with E-state index in [2.05, 4.69) is 5.16 Å². The Hall–Kier alpha value is -1.85. The monoisotopic (exact) mass is 334 g/mol. The fourth-order valence-electron chi connectivity index (χ4n) is 4.44. The summed E-state index contributed by atoms with van der Waals surface area (Å²) in [4.78, 5) is 26.5. The Kier molecular flexibility index (Phi) is 4.65. The van der Waals surface area contributed by atoms with E-state index in [0.29, 0.717) is 18.8 Å². The quantitative estimate of drug-likeness (QED) is 0.915. The number of likely N-dealkylation sites (tertiary alicyclic amines) is 1. The van der Waals surface area contributed by atoms with Gasteiger partial charge in [-0.2, -0.15) is 0 Å². The maximum absolute atomic E-state index is 13.1. The average Bonchev–Trinajstić information content (AvgIpc) is 3.09. The van der Waals surface area contributed by atoms with Crippen LogP contribution in [0, 0.1) is 25.7 Å². The number of carboxylic acid groups (broad SMARTS) is 1. The smallest absolute Gasteiger partial charge is 0.326 e. The van der Waals surface area contributed by atoms with Gasteiger partial charge in [-0.3, -0.25) is 4.79 Å². The average molecular weight is 334 g/mol. The van der Waals surface area contributed by atoms with E-state index in [1.807, 2.05) is 20.8 Å². The molecule has 1 aromatic heterocycles. The van der Waals surface area contributed by atoms with Gasteiger partial charge in [0.15, 0.2) is 0 Å². The third-order valence-electron chi connectivity index (χ3n) is 5.74. The second kappa shape index (κ2) is 6.57. The maximum atomic E-state index is 13.1. The molecule has 24 heavy (non-hydrogen) atoms. The maximum Gasteiger partial charge on any atom is 0.326 e. The van der Waals surface area contributed by atoms with Gasteiger partial charge in [0.2, 0.25) is 5.91 Å². The zero-order valence-electron chi connectivity index (χ0n) is 14.6. The van der Waals surface area contributed by atoms with Crippen molar-refractivity contribution in [1.82, 2.24) is 10.1 Å². The number of nitrogens with zero attached hydrogens (tertiary/aromatic N) is 2. The van der Waals surface area contributed by atoms with Crippen LogP contribution in [0.15, 0.2) is 4.52 Å². The molecule has 132 valence electrons. The lowest BCUT2D eigenvalue weighted by atomic mass is 9.84. The highest BCUT2D eigenvalue weighted by atomic mass is 16.5. The Bertz CT molecular complexity index is 619. The van der Waals surface area contributed by atoms with Gasteiger partial charge in [-0.1, -0.05) is 24.9 Å². The van der Waals surface area contributed by atoms with E-state index in [4.69, 9.17) is 4.52 Å². The van der Waals surface area contributed by atoms with Crippen LogP contribution in [-0.4, -0.2) is 39.1 Å². The lowest BCUT2D eigenvalue weighted by Gasteiger charge is -2.34. The fourth-order valence-corrected chi connectivity index (χ4v) is 4.44. The lowest BCUT2D eigenvalue weighted by molar-refractivity contribution is -0.151. The van der Waals surface area contributed by atoms with E-state index >= 15 is 0 Å². The first-order valence-corrected chi connectivity index (χ1v) is 8.86. The molecule has 0 spiro atoms. The molecule has 2 heterocycles. The predicted molar refractivity (Wildman–Crippen MR) is 87.5 cm³/mol. The molecule has 6 nitrogen and oxygen atoms in total. The van der Waals surface area contributed by atoms with E-state index < -0.39 is 12.0 Å². The van der Waals surface area contributed by atoms with Gasteiger partial charge in [-0.15, -0.1) is 0 Å². The Balaban J connectivity index is 1.79. The van der Waals surface area contributed by atoms with Crippen molar-refractivity contribution >= 4 is 11.9 Å². The number of aliphatic carboxylic acids is 1. The molecule has 0 unspecified atom stereocenters. The third kappa shape index (κ3) is 2.94. The first-order chi connectivity index (χ1) is 11.4. The molecule has 4 atom stereocenters. The molecule has 1 amide bonds. The SMILES string of the molecule is Cc1noc(C)c1C[C@H](C)C(=O)N1[C@H](C(=O)O)C[C@H]2CCCC[C@@H]21. The normalized spacial score (nSPS) is 27.8. The van der Waals surface area contributed by atoms with Gasteiger partial charge in [0, 0.05) is 17.5 Å². The summed E-state index contributed by atoms with van der Waals surface area (Å²) in [6, 6.07) is -0.572. The van der Waals surface area contributed by atoms with Crippen LogP contribution < -0.4 is 0 Å². The zero-order chi connectivity index (χ0) is 17.4. The Morgan fingerprint density at radius 1 is 1.33 bits per heavy atom. The molecular weight excluding hydrogens is 308 g/mol. The Morgan fingerprint density at radius 3 is 2.67 bits per heavy atom. The molecule has 1 saturated carbocycles. The highest BCUT2D eigenvalue weighted by Gasteiger charge is 2.48. The largest absolute Gasteiger partial charge is 0.480 e. The van der Waals surface area contributed by atoms with Crippen LogP contribution >= 0.6 is 0 Å². The van der Waals surface area contributed by atoms with Crippen LogP contribution in [0.4, 0.5) is 0 Å². The molecule has 2 aliphatic rings. The molecule has 3 rings (SSSR count). The first kappa shape index (κ1) is 17.0. The standard InChI is InChI=1S/C18H26N2O4/c1-10(8-14-11(2)19-24-12(14)3)17(21)20-15-7-5-4-6-13(15)9-16(20)18(22)23/h10,13,15-16H,4-9H2,1-3H3,(H,22,23)/t10-,13+,15-,16-/m0/s1. The van der Waals surface area contributed by atoms with Gasteiger partial charge in [0.05, 0.1) is 5.69 Å². The van der Waals surface area contributed by atoms with Crippen molar-refractivity contribution in [1.29, 1.82) is 0 Å². The van der Waals surface area contributed by atoms with Crippen molar-refractivity contribution in [2.75, 3.05) is 0 Å². The topological polar surface area (TPSA) is 83.6 Å². The number of carbonyl (C=O) groups is 2. The van der Waals surface area contributed by atoms with Gasteiger partial charge in [-0.05, 0) is 45.4 Å². The zero-order valence-corrected chi connectivity index (χ0v) is 14.6. The molecule has 2 fully saturated rings. The summed E-state index contributed by atoms with van der Waals surface area (Å²) in [5, 5.41) is 13.5. The summed E-state index contributed by atoms with van der Waals surface area (Å²) in [6.07, 6.45) is 5.33. The molecule has 1 saturated heterocycles. The number of aryl methyl sites for hydroxylation is 2. The second-order valence-corrected chi connectivity index (χ2v) is 7.36. The number of fused-ring (bicyclic) bond motifs is 1. The molecule has 1 aliphatic carbocycles. The van der Waals surface area contributed by atoms with E-state index in [1.165, 1.54) is 0 Å². The molecule has 0 bridgehead atoms. The van der Waals surface area contributed by atoms with Crippen LogP contribution in [0.3, 0.4) is 0 Å². The fraction of sp³-hybridized carbons (Fsp3) is 0.722. The van der Waals surface area contributed by atoms with Crippen LogP contribution in [-0.2, 0) is 16.0 Å². The summed E-state index contributed by atoms with van der Waals surface area (Å²) < 4.78 is 5.18. The van der Waals surface area contributed by atoms with Gasteiger partial charge in [0.25, 0.3) is 0 Å². The Morgan fingerprint density at radius 2 is 2.04 bits per heavy atom. The highest BCUT2D eigenvalue weighted by molar-refractivity contribution is 5.86. The second-order valence-electron chi connectivity index (χ2n) is 7.36. The van der Waals surface area contributed by atoms with Gasteiger partial charge in [0.1, 0.15) is 11.8 Å². The number of hydrogen-bond donors (Lipinski definition) is 1. The van der Waals surface area contributed by atoms with Crippen LogP contribution in [0.5, 0.6) is 0 Å². The van der Waals surface area contributed by atoms with Gasteiger partial charge < -0.3 is 14.5 Å². The minimum absolute atomic E-state index is 0.0446. The highest BCUT2D eigenvalue weighted by Crippen LogP contribution is 2.40. The van der Waals surface area contributed by atoms with Crippen molar-refractivity contribution in [2.45, 2.75) is 71.4 Å². The molecule has 6 heteroatoms. The van der Waals surface area contributed by atoms with Crippen LogP contribution in [0.25, 0.3) is 0 Å². The summed E-state index contributed by atoms with van der Waals surface area (Å²) in [5.74, 6) is -0.114. The first-order valence-electron chi connectivity index (χ1n) is 8.86. The predicted octanol–water partition coefficient (Wildman–Crippen LogP) is 2.71. The molecule has 1 aromatic rings. The van der Waals surface area contributed by atoms with Crippen molar-refractivity contribution in [2.24, 2.45) is 11.8 Å². The number of amides is 1. The van der Waals surface area contributed by atoms with Gasteiger partial charge in [-0.25, -0.2) is 4.79 Å². The minimum atomic E-state index is -0.873. The number of carbonyl (C=O) groups excluding carboxylic acids is 1. The van der Waals surface area contributed by atoms with Crippen molar-refractivity contribution in [3.8, 4) is 0 Å². The van der Waals surface area contributed by atoms with Crippen molar-refractivity contribution in [3.63, 3.8) is 0 Å². The van der Waals surface area contributed by atoms with Crippen LogP contribution in [0.1, 0.15) is 56.0 Å². The molecule has 1 N–H and O–H groups in total. The number of hydrogen-bond acceptors (Lipinski definition) is 4. The molecule has 1 aliphatic heterocycles. The summed E-state index contributed by atoms with van der Waals surface area (Å²) in [7, 11) is 0. The minimum Gasteiger partial charge on any atom is -0.480 e. The van der Waals surface area contributed by atoms with E-state index in [-0.39, 0.29) is 17.9 Å². The lowest BCUT2D eigenvalue weighted by Crippen LogP contribution is -2.48. The van der Waals surface area contributed by atoms with Gasteiger partial charge >= 0.3 is 5.97 Å². The summed E-state index contributed by atoms with van der Waals surface area (Å²) in [6.45, 7) is 5.60. The van der Waals surface area contributed by atoms with Crippen molar-refractivity contribution < 1.29 is 19.2 Å². The summed E-state index contributed by atoms with van der Waals surface area (Å²) in [5.41, 5.74) is 1.76. The summed E-state index contributed by atoms with van der Waals surface area (Å²) >= 11 is 0. The molecule has 0 aromatic carbocycles. The third-order valence-corrected chi connectivity index (χ3v) is 5.74. The van der Waals surface area contributed by atoms with E-state index in [9.17, 15) is 14.7 Å². The van der Waals surface area contributed by atoms with E-state index in [1.54, 1.807) is 4.90 Å². The molecule has 0 radical (unpaired) electrons. The molecular formula is C18H26N2O4. The van der Waals surface area contributed by atoms with Crippen LogP contribution in [0.2, 0.25) is 0 Å². The number of carboxylic acids is 1. The number of rotatable bonds is 4. The van der Waals surface area contributed by atoms with E-state index in [0.717, 1.165) is 42.7 Å².